The van der Waals surface area contributed by atoms with E-state index in [9.17, 15) is 14.4 Å². The summed E-state index contributed by atoms with van der Waals surface area (Å²) >= 11 is 0. The van der Waals surface area contributed by atoms with E-state index in [1.807, 2.05) is 29.2 Å². The average Bonchev–Trinajstić information content (AvgIpc) is 3.39. The fourth-order valence-corrected chi connectivity index (χ4v) is 4.08. The lowest BCUT2D eigenvalue weighted by Gasteiger charge is -2.23. The van der Waals surface area contributed by atoms with E-state index in [2.05, 4.69) is 15.5 Å². The summed E-state index contributed by atoms with van der Waals surface area (Å²) in [7, 11) is 0. The van der Waals surface area contributed by atoms with Gasteiger partial charge in [0, 0.05) is 24.8 Å². The molecule has 1 aromatic carbocycles. The fraction of sp³-hybridized carbons (Fsp3) is 0.526. The molecule has 8 nitrogen and oxygen atoms in total. The predicted octanol–water partition coefficient (Wildman–Crippen LogP) is 1.44. The van der Waals surface area contributed by atoms with E-state index in [0.717, 1.165) is 38.2 Å². The van der Waals surface area contributed by atoms with E-state index in [0.29, 0.717) is 11.7 Å². The number of urea groups is 2. The first-order chi connectivity index (χ1) is 13.1. The van der Waals surface area contributed by atoms with E-state index in [1.165, 1.54) is 17.7 Å². The number of rotatable bonds is 4. The maximum atomic E-state index is 12.6. The molecule has 3 aliphatic rings. The molecule has 3 saturated heterocycles. The van der Waals surface area contributed by atoms with Crippen LogP contribution < -0.4 is 10.6 Å². The first-order valence-corrected chi connectivity index (χ1v) is 9.57. The molecule has 4 rings (SSSR count). The van der Waals surface area contributed by atoms with Crippen LogP contribution in [0.25, 0.3) is 0 Å². The molecule has 27 heavy (non-hydrogen) atoms. The SMILES string of the molecule is O=C(Nc1cccc(CN2C(=O)CNC2=O)c1)N1CCC(N2CCCC2)C1. The number of hydrogen-bond donors (Lipinski definition) is 2. The van der Waals surface area contributed by atoms with Crippen LogP contribution in [0.5, 0.6) is 0 Å². The first kappa shape index (κ1) is 17.8. The summed E-state index contributed by atoms with van der Waals surface area (Å²) in [6.07, 6.45) is 3.54. The zero-order chi connectivity index (χ0) is 18.8. The van der Waals surface area contributed by atoms with Gasteiger partial charge in [-0.15, -0.1) is 0 Å². The summed E-state index contributed by atoms with van der Waals surface area (Å²) in [4.78, 5) is 41.6. The molecule has 3 heterocycles. The van der Waals surface area contributed by atoms with Crippen molar-refractivity contribution < 1.29 is 14.4 Å². The minimum absolute atomic E-state index is 0.0441. The summed E-state index contributed by atoms with van der Waals surface area (Å²) < 4.78 is 0. The quantitative estimate of drug-likeness (QED) is 0.785. The number of amides is 5. The van der Waals surface area contributed by atoms with E-state index in [4.69, 9.17) is 0 Å². The van der Waals surface area contributed by atoms with Gasteiger partial charge in [0.25, 0.3) is 0 Å². The Bertz CT molecular complexity index is 731. The summed E-state index contributed by atoms with van der Waals surface area (Å²) in [5.41, 5.74) is 1.48. The Hall–Kier alpha value is -2.61. The second kappa shape index (κ2) is 7.56. The van der Waals surface area contributed by atoms with E-state index < -0.39 is 0 Å². The van der Waals surface area contributed by atoms with Crippen molar-refractivity contribution in [3.8, 4) is 0 Å². The van der Waals surface area contributed by atoms with Crippen LogP contribution in [0, 0.1) is 0 Å². The Kier molecular flexibility index (Phi) is 4.98. The number of carbonyl (C=O) groups is 3. The Morgan fingerprint density at radius 1 is 1.19 bits per heavy atom. The van der Waals surface area contributed by atoms with Gasteiger partial charge in [0.2, 0.25) is 5.91 Å². The molecule has 0 bridgehead atoms. The van der Waals surface area contributed by atoms with Gasteiger partial charge in [0.1, 0.15) is 0 Å². The Morgan fingerprint density at radius 2 is 2.00 bits per heavy atom. The molecule has 0 radical (unpaired) electrons. The number of anilines is 1. The second-order valence-electron chi connectivity index (χ2n) is 7.40. The van der Waals surface area contributed by atoms with Gasteiger partial charge in [-0.3, -0.25) is 14.6 Å². The molecule has 144 valence electrons. The molecule has 8 heteroatoms. The summed E-state index contributed by atoms with van der Waals surface area (Å²) in [6, 6.07) is 7.30. The molecular weight excluding hydrogens is 346 g/mol. The lowest BCUT2D eigenvalue weighted by atomic mass is 10.2. The molecule has 3 fully saturated rings. The van der Waals surface area contributed by atoms with Crippen molar-refractivity contribution in [2.45, 2.75) is 31.8 Å². The van der Waals surface area contributed by atoms with E-state index >= 15 is 0 Å². The lowest BCUT2D eigenvalue weighted by molar-refractivity contribution is -0.125. The number of benzene rings is 1. The highest BCUT2D eigenvalue weighted by Crippen LogP contribution is 2.21. The molecule has 1 atom stereocenters. The topological polar surface area (TPSA) is 85.0 Å². The largest absolute Gasteiger partial charge is 0.329 e. The lowest BCUT2D eigenvalue weighted by Crippen LogP contribution is -2.38. The molecule has 0 spiro atoms. The number of hydrogen-bond acceptors (Lipinski definition) is 4. The Morgan fingerprint density at radius 3 is 2.74 bits per heavy atom. The van der Waals surface area contributed by atoms with Gasteiger partial charge in [-0.25, -0.2) is 9.59 Å². The van der Waals surface area contributed by atoms with Crippen LogP contribution in [-0.4, -0.2) is 71.4 Å². The van der Waals surface area contributed by atoms with Crippen molar-refractivity contribution >= 4 is 23.7 Å². The van der Waals surface area contributed by atoms with E-state index in [-0.39, 0.29) is 31.1 Å². The average molecular weight is 371 g/mol. The fourth-order valence-electron chi connectivity index (χ4n) is 4.08. The van der Waals surface area contributed by atoms with E-state index in [1.54, 1.807) is 0 Å². The molecule has 3 aliphatic heterocycles. The first-order valence-electron chi connectivity index (χ1n) is 9.57. The van der Waals surface area contributed by atoms with Crippen molar-refractivity contribution in [3.05, 3.63) is 29.8 Å². The van der Waals surface area contributed by atoms with Crippen molar-refractivity contribution in [1.29, 1.82) is 0 Å². The highest BCUT2D eigenvalue weighted by molar-refractivity contribution is 6.01. The van der Waals surface area contributed by atoms with Crippen LogP contribution in [0.2, 0.25) is 0 Å². The number of likely N-dealkylation sites (tertiary alicyclic amines) is 2. The smallest absolute Gasteiger partial charge is 0.324 e. The molecule has 1 aromatic rings. The Balaban J connectivity index is 1.34. The third-order valence-corrected chi connectivity index (χ3v) is 5.56. The molecule has 2 N–H and O–H groups in total. The van der Waals surface area contributed by atoms with Crippen molar-refractivity contribution in [2.24, 2.45) is 0 Å². The van der Waals surface area contributed by atoms with Crippen LogP contribution in [0.3, 0.4) is 0 Å². The number of nitrogens with zero attached hydrogens (tertiary/aromatic N) is 3. The van der Waals surface area contributed by atoms with Crippen LogP contribution >= 0.6 is 0 Å². The summed E-state index contributed by atoms with van der Waals surface area (Å²) in [5.74, 6) is -0.237. The van der Waals surface area contributed by atoms with Crippen LogP contribution in [0.15, 0.2) is 24.3 Å². The third kappa shape index (κ3) is 3.90. The highest BCUT2D eigenvalue weighted by atomic mass is 16.2. The summed E-state index contributed by atoms with van der Waals surface area (Å²) in [6.45, 7) is 4.08. The zero-order valence-electron chi connectivity index (χ0n) is 15.3. The van der Waals surface area contributed by atoms with Crippen molar-refractivity contribution in [3.63, 3.8) is 0 Å². The van der Waals surface area contributed by atoms with Crippen molar-refractivity contribution in [2.75, 3.05) is 38.0 Å². The molecule has 0 aliphatic carbocycles. The Labute approximate surface area is 158 Å². The van der Waals surface area contributed by atoms with Gasteiger partial charge in [-0.1, -0.05) is 12.1 Å². The predicted molar refractivity (Wildman–Crippen MR) is 100 cm³/mol. The van der Waals surface area contributed by atoms with Crippen LogP contribution in [0.1, 0.15) is 24.8 Å². The number of carbonyl (C=O) groups excluding carboxylic acids is 3. The molecule has 1 unspecified atom stereocenters. The minimum Gasteiger partial charge on any atom is -0.329 e. The number of imide groups is 1. The normalized spacial score (nSPS) is 23.2. The van der Waals surface area contributed by atoms with Gasteiger partial charge >= 0.3 is 12.1 Å². The van der Waals surface area contributed by atoms with Gasteiger partial charge in [0.15, 0.2) is 0 Å². The zero-order valence-corrected chi connectivity index (χ0v) is 15.3. The molecule has 5 amide bonds. The third-order valence-electron chi connectivity index (χ3n) is 5.56. The van der Waals surface area contributed by atoms with Crippen LogP contribution in [0.4, 0.5) is 15.3 Å². The molecule has 0 aromatic heterocycles. The monoisotopic (exact) mass is 371 g/mol. The summed E-state index contributed by atoms with van der Waals surface area (Å²) in [5, 5.41) is 5.45. The second-order valence-corrected chi connectivity index (χ2v) is 7.40. The molecule has 0 saturated carbocycles. The van der Waals surface area contributed by atoms with Gasteiger partial charge in [-0.2, -0.15) is 0 Å². The van der Waals surface area contributed by atoms with Crippen molar-refractivity contribution in [1.82, 2.24) is 20.0 Å². The maximum absolute atomic E-state index is 12.6. The van der Waals surface area contributed by atoms with Gasteiger partial charge < -0.3 is 15.5 Å². The molecular formula is C19H25N5O3. The number of nitrogens with one attached hydrogen (secondary N) is 2. The minimum atomic E-state index is -0.376. The van der Waals surface area contributed by atoms with Crippen LogP contribution in [-0.2, 0) is 11.3 Å². The van der Waals surface area contributed by atoms with Gasteiger partial charge in [0.05, 0.1) is 13.1 Å². The standard InChI is InChI=1S/C19H25N5O3/c25-17-11-20-18(26)24(17)12-14-4-3-5-15(10-14)21-19(27)23-9-6-16(13-23)22-7-1-2-8-22/h3-5,10,16H,1-2,6-9,11-13H2,(H,20,26)(H,21,27). The van der Waals surface area contributed by atoms with Gasteiger partial charge in [-0.05, 0) is 50.0 Å². The highest BCUT2D eigenvalue weighted by Gasteiger charge is 2.32. The maximum Gasteiger partial charge on any atom is 0.324 e.